The zero-order chi connectivity index (χ0) is 19.6. The normalized spacial score (nSPS) is 16.1. The Morgan fingerprint density at radius 1 is 1.22 bits per heavy atom. The van der Waals surface area contributed by atoms with Gasteiger partial charge in [0.05, 0.1) is 60.2 Å². The van der Waals surface area contributed by atoms with Gasteiger partial charge in [-0.3, -0.25) is 4.90 Å². The molecule has 8 nitrogen and oxygen atoms in total. The number of nitrogens with one attached hydrogen (secondary N) is 1. The summed E-state index contributed by atoms with van der Waals surface area (Å²) >= 11 is 0. The van der Waals surface area contributed by atoms with Gasteiger partial charge in [-0.15, -0.1) is 0 Å². The minimum atomic E-state index is -0.547. The van der Waals surface area contributed by atoms with Crippen LogP contribution in [-0.2, 0) is 16.1 Å². The van der Waals surface area contributed by atoms with Crippen molar-refractivity contribution < 1.29 is 33.7 Å². The Labute approximate surface area is 160 Å². The number of methoxy groups -OCH3 is 2. The molecule has 27 heavy (non-hydrogen) atoms. The number of nitrogens with zero attached hydrogens (tertiary/aromatic N) is 1. The summed E-state index contributed by atoms with van der Waals surface area (Å²) in [4.78, 5) is 14.7. The Morgan fingerprint density at radius 3 is 2.56 bits per heavy atom. The fraction of sp³-hybridized carbons (Fsp3) is 0.632. The first kappa shape index (κ1) is 21.3. The number of carbonyl (C=O) groups excluding carboxylic acids is 1. The van der Waals surface area contributed by atoms with Crippen molar-refractivity contribution in [3.05, 3.63) is 23.8 Å². The van der Waals surface area contributed by atoms with Gasteiger partial charge in [-0.25, -0.2) is 4.79 Å². The summed E-state index contributed by atoms with van der Waals surface area (Å²) in [6.07, 6.45) is -0.801. The largest absolute Gasteiger partial charge is 0.493 e. The zero-order valence-electron chi connectivity index (χ0n) is 16.4. The lowest BCUT2D eigenvalue weighted by molar-refractivity contribution is -0.907. The van der Waals surface area contributed by atoms with E-state index in [1.54, 1.807) is 26.0 Å². The highest BCUT2D eigenvalue weighted by Crippen LogP contribution is 2.27. The van der Waals surface area contributed by atoms with E-state index in [1.807, 2.05) is 18.2 Å². The van der Waals surface area contributed by atoms with Gasteiger partial charge in [-0.05, 0) is 24.6 Å². The number of hydrogen-bond acceptors (Lipinski definition) is 6. The first-order valence-corrected chi connectivity index (χ1v) is 9.29. The smallest absolute Gasteiger partial charge is 0.410 e. The molecule has 0 saturated carbocycles. The van der Waals surface area contributed by atoms with Crippen LogP contribution in [0.25, 0.3) is 0 Å². The van der Waals surface area contributed by atoms with Crippen LogP contribution in [0, 0.1) is 0 Å². The van der Waals surface area contributed by atoms with Crippen LogP contribution < -0.4 is 14.4 Å². The Balaban J connectivity index is 1.68. The van der Waals surface area contributed by atoms with Gasteiger partial charge in [0.15, 0.2) is 11.5 Å². The van der Waals surface area contributed by atoms with Crippen LogP contribution >= 0.6 is 0 Å². The lowest BCUT2D eigenvalue weighted by Gasteiger charge is -2.32. The fourth-order valence-electron chi connectivity index (χ4n) is 3.10. The van der Waals surface area contributed by atoms with E-state index >= 15 is 0 Å². The van der Waals surface area contributed by atoms with Crippen molar-refractivity contribution in [3.63, 3.8) is 0 Å². The van der Waals surface area contributed by atoms with Crippen molar-refractivity contribution in [2.75, 3.05) is 60.2 Å². The predicted molar refractivity (Wildman–Crippen MR) is 99.4 cm³/mol. The Kier molecular flexibility index (Phi) is 8.63. The summed E-state index contributed by atoms with van der Waals surface area (Å²) < 4.78 is 21.1. The van der Waals surface area contributed by atoms with E-state index in [1.165, 1.54) is 4.90 Å². The van der Waals surface area contributed by atoms with E-state index in [4.69, 9.17) is 18.9 Å². The van der Waals surface area contributed by atoms with Gasteiger partial charge in [0.25, 0.3) is 0 Å². The molecule has 1 atom stereocenters. The minimum Gasteiger partial charge on any atom is -0.493 e. The van der Waals surface area contributed by atoms with Crippen LogP contribution in [0.2, 0.25) is 0 Å². The maximum absolute atomic E-state index is 11.7. The predicted octanol–water partition coefficient (Wildman–Crippen LogP) is -0.0617. The van der Waals surface area contributed by atoms with Gasteiger partial charge in [0.2, 0.25) is 0 Å². The van der Waals surface area contributed by atoms with Gasteiger partial charge in [-0.2, -0.15) is 0 Å². The summed E-state index contributed by atoms with van der Waals surface area (Å²) in [6, 6.07) is 5.61. The second-order valence-electron chi connectivity index (χ2n) is 6.50. The second kappa shape index (κ2) is 11.0. The molecule has 1 aromatic carbocycles. The third kappa shape index (κ3) is 6.57. The quantitative estimate of drug-likeness (QED) is 0.622. The number of rotatable bonds is 9. The van der Waals surface area contributed by atoms with Crippen molar-refractivity contribution in [1.29, 1.82) is 0 Å². The molecule has 0 bridgehead atoms. The molecule has 0 radical (unpaired) electrons. The molecule has 152 valence electrons. The van der Waals surface area contributed by atoms with E-state index in [-0.39, 0.29) is 12.7 Å². The lowest BCUT2D eigenvalue weighted by Crippen LogP contribution is -3.15. The minimum absolute atomic E-state index is 0.254. The molecule has 1 heterocycles. The molecule has 0 unspecified atom stereocenters. The van der Waals surface area contributed by atoms with Crippen molar-refractivity contribution in [3.8, 4) is 11.5 Å². The molecular weight excluding hydrogens is 352 g/mol. The number of hydrogen-bond donors (Lipinski definition) is 2. The van der Waals surface area contributed by atoms with E-state index in [9.17, 15) is 9.90 Å². The van der Waals surface area contributed by atoms with Crippen LogP contribution in [0.1, 0.15) is 12.5 Å². The van der Waals surface area contributed by atoms with E-state index in [0.29, 0.717) is 44.3 Å². The molecule has 2 rings (SSSR count). The number of amides is 1. The highest BCUT2D eigenvalue weighted by molar-refractivity contribution is 5.67. The average molecular weight is 383 g/mol. The summed E-state index contributed by atoms with van der Waals surface area (Å²) in [5.74, 6) is 1.33. The van der Waals surface area contributed by atoms with Gasteiger partial charge < -0.3 is 29.0 Å². The highest BCUT2D eigenvalue weighted by atomic mass is 16.6. The second-order valence-corrected chi connectivity index (χ2v) is 6.50. The molecule has 8 heteroatoms. The molecule has 2 N–H and O–H groups in total. The zero-order valence-corrected chi connectivity index (χ0v) is 16.4. The fourth-order valence-corrected chi connectivity index (χ4v) is 3.10. The van der Waals surface area contributed by atoms with Crippen molar-refractivity contribution in [2.45, 2.75) is 19.6 Å². The molecule has 1 saturated heterocycles. The number of quaternary nitrogens is 1. The maximum Gasteiger partial charge on any atom is 0.410 e. The average Bonchev–Trinajstić information content (AvgIpc) is 2.68. The first-order chi connectivity index (χ1) is 13.1. The van der Waals surface area contributed by atoms with Gasteiger partial charge in [-0.1, -0.05) is 6.07 Å². The summed E-state index contributed by atoms with van der Waals surface area (Å²) in [6.45, 7) is 6.34. The van der Waals surface area contributed by atoms with Crippen molar-refractivity contribution in [2.24, 2.45) is 0 Å². The molecule has 1 amide bonds. The summed E-state index contributed by atoms with van der Waals surface area (Å²) in [7, 11) is 3.19. The van der Waals surface area contributed by atoms with Crippen LogP contribution in [-0.4, -0.2) is 82.4 Å². The molecule has 1 aromatic rings. The third-order valence-electron chi connectivity index (χ3n) is 4.55. The Hall–Kier alpha value is -2.03. The number of ether oxygens (including phenoxy) is 4. The Bertz CT molecular complexity index is 590. The molecule has 0 aromatic heterocycles. The van der Waals surface area contributed by atoms with E-state index in [0.717, 1.165) is 18.7 Å². The van der Waals surface area contributed by atoms with Crippen LogP contribution in [0.3, 0.4) is 0 Å². The molecule has 1 aliphatic rings. The highest BCUT2D eigenvalue weighted by Gasteiger charge is 2.26. The molecule has 0 spiro atoms. The third-order valence-corrected chi connectivity index (χ3v) is 4.55. The summed E-state index contributed by atoms with van der Waals surface area (Å²) in [5.41, 5.74) is 0.954. The van der Waals surface area contributed by atoms with Crippen LogP contribution in [0.15, 0.2) is 18.2 Å². The van der Waals surface area contributed by atoms with Crippen molar-refractivity contribution in [1.82, 2.24) is 4.90 Å². The number of aliphatic hydroxyl groups excluding tert-OH is 1. The molecular formula is C19H31N2O6+. The van der Waals surface area contributed by atoms with Crippen LogP contribution in [0.4, 0.5) is 4.79 Å². The number of carbonyl (C=O) groups is 1. The van der Waals surface area contributed by atoms with Crippen LogP contribution in [0.5, 0.6) is 11.5 Å². The number of benzene rings is 1. The number of aliphatic hydroxyl groups is 1. The van der Waals surface area contributed by atoms with Gasteiger partial charge >= 0.3 is 6.09 Å². The van der Waals surface area contributed by atoms with Gasteiger partial charge in [0, 0.05) is 0 Å². The monoisotopic (exact) mass is 383 g/mol. The lowest BCUT2D eigenvalue weighted by atomic mass is 10.2. The van der Waals surface area contributed by atoms with Gasteiger partial charge in [0.1, 0.15) is 12.6 Å². The summed E-state index contributed by atoms with van der Waals surface area (Å²) in [5, 5.41) is 10.2. The standard InChI is InChI=1S/C19H30N2O6/c1-4-27-19(23)21-9-7-20(8-10-21)12-16(22)14-26-13-15-5-6-17(24-2)18(11-15)25-3/h5-6,11,16,22H,4,7-10,12-14H2,1-3H3/p+1/t16-/m0/s1. The SMILES string of the molecule is CCOC(=O)N1CC[NH+](C[C@H](O)COCc2ccc(OC)c(OC)c2)CC1. The first-order valence-electron chi connectivity index (χ1n) is 9.29. The molecule has 0 aliphatic carbocycles. The Morgan fingerprint density at radius 2 is 1.93 bits per heavy atom. The number of piperazine rings is 1. The topological polar surface area (TPSA) is 81.9 Å². The van der Waals surface area contributed by atoms with E-state index < -0.39 is 6.10 Å². The van der Waals surface area contributed by atoms with E-state index in [2.05, 4.69) is 0 Å². The molecule has 1 aliphatic heterocycles. The molecule has 1 fully saturated rings. The van der Waals surface area contributed by atoms with Crippen molar-refractivity contribution >= 4 is 6.09 Å². The maximum atomic E-state index is 11.7.